The number of aryl methyl sites for hydroxylation is 3. The molecule has 2 aromatic rings. The highest BCUT2D eigenvalue weighted by atomic mass is 35.5. The summed E-state index contributed by atoms with van der Waals surface area (Å²) >= 11 is 6.00. The Hall–Kier alpha value is -1.89. The summed E-state index contributed by atoms with van der Waals surface area (Å²) in [7, 11) is -3.75. The number of sulfonamides is 1. The average molecular weight is 367 g/mol. The van der Waals surface area contributed by atoms with Crippen LogP contribution in [0.5, 0.6) is 0 Å². The van der Waals surface area contributed by atoms with Gasteiger partial charge in [-0.3, -0.25) is 4.79 Å². The fraction of sp³-hybridized carbons (Fsp3) is 0.235. The van der Waals surface area contributed by atoms with Gasteiger partial charge in [-0.05, 0) is 55.7 Å². The first kappa shape index (κ1) is 18.4. The zero-order chi connectivity index (χ0) is 17.9. The molecule has 0 aliphatic heterocycles. The van der Waals surface area contributed by atoms with Gasteiger partial charge in [-0.15, -0.1) is 0 Å². The smallest absolute Gasteiger partial charge is 0.241 e. The molecule has 2 N–H and O–H groups in total. The van der Waals surface area contributed by atoms with E-state index in [1.807, 2.05) is 19.9 Å². The van der Waals surface area contributed by atoms with E-state index in [9.17, 15) is 13.2 Å². The molecule has 0 bridgehead atoms. The largest absolute Gasteiger partial charge is 0.325 e. The minimum absolute atomic E-state index is 0.175. The molecule has 0 heterocycles. The molecule has 0 fully saturated rings. The maximum Gasteiger partial charge on any atom is 0.241 e. The number of anilines is 1. The van der Waals surface area contributed by atoms with Crippen LogP contribution in [0.3, 0.4) is 0 Å². The van der Waals surface area contributed by atoms with Crippen molar-refractivity contribution in [2.75, 3.05) is 11.9 Å². The van der Waals surface area contributed by atoms with Gasteiger partial charge in [0.05, 0.1) is 11.4 Å². The summed E-state index contributed by atoms with van der Waals surface area (Å²) < 4.78 is 27.0. The van der Waals surface area contributed by atoms with Crippen molar-refractivity contribution in [2.24, 2.45) is 0 Å². The van der Waals surface area contributed by atoms with E-state index >= 15 is 0 Å². The summed E-state index contributed by atoms with van der Waals surface area (Å²) in [6.45, 7) is 5.02. The van der Waals surface area contributed by atoms with Gasteiger partial charge in [-0.1, -0.05) is 29.8 Å². The van der Waals surface area contributed by atoms with Gasteiger partial charge in [-0.25, -0.2) is 13.1 Å². The molecule has 128 valence electrons. The second-order valence-electron chi connectivity index (χ2n) is 5.61. The van der Waals surface area contributed by atoms with Crippen LogP contribution in [-0.2, 0) is 14.8 Å². The van der Waals surface area contributed by atoms with Crippen LogP contribution < -0.4 is 10.0 Å². The molecular weight excluding hydrogens is 348 g/mol. The Bertz CT molecular complexity index is 879. The Balaban J connectivity index is 2.05. The van der Waals surface area contributed by atoms with E-state index in [4.69, 9.17) is 11.6 Å². The molecule has 0 unspecified atom stereocenters. The first-order valence-electron chi connectivity index (χ1n) is 7.32. The predicted molar refractivity (Wildman–Crippen MR) is 95.9 cm³/mol. The first-order valence-corrected chi connectivity index (χ1v) is 9.18. The molecular formula is C17H19ClN2O3S. The fourth-order valence-corrected chi connectivity index (χ4v) is 3.60. The van der Waals surface area contributed by atoms with Crippen molar-refractivity contribution in [1.82, 2.24) is 4.72 Å². The maximum atomic E-state index is 12.3. The van der Waals surface area contributed by atoms with E-state index in [0.29, 0.717) is 16.3 Å². The number of rotatable bonds is 5. The molecule has 0 saturated heterocycles. The number of halogens is 1. The normalized spacial score (nSPS) is 11.3. The third kappa shape index (κ3) is 4.56. The third-order valence-electron chi connectivity index (χ3n) is 3.51. The van der Waals surface area contributed by atoms with Crippen molar-refractivity contribution in [3.05, 3.63) is 58.1 Å². The number of benzene rings is 2. The first-order chi connectivity index (χ1) is 11.2. The predicted octanol–water partition coefficient (Wildman–Crippen LogP) is 3.18. The quantitative estimate of drug-likeness (QED) is 0.853. The van der Waals surface area contributed by atoms with Crippen molar-refractivity contribution in [2.45, 2.75) is 25.7 Å². The van der Waals surface area contributed by atoms with Crippen LogP contribution in [0.15, 0.2) is 41.3 Å². The van der Waals surface area contributed by atoms with Crippen molar-refractivity contribution in [3.8, 4) is 0 Å². The van der Waals surface area contributed by atoms with E-state index in [-0.39, 0.29) is 11.4 Å². The molecule has 1 amide bonds. The Kier molecular flexibility index (Phi) is 5.64. The Morgan fingerprint density at radius 2 is 1.71 bits per heavy atom. The fourth-order valence-electron chi connectivity index (χ4n) is 2.11. The number of carbonyl (C=O) groups excluding carboxylic acids is 1. The minimum atomic E-state index is -3.75. The number of amides is 1. The molecule has 24 heavy (non-hydrogen) atoms. The van der Waals surface area contributed by atoms with Crippen LogP contribution in [-0.4, -0.2) is 20.9 Å². The molecule has 0 spiro atoms. The lowest BCUT2D eigenvalue weighted by atomic mass is 10.2. The van der Waals surface area contributed by atoms with Gasteiger partial charge in [0, 0.05) is 10.7 Å². The number of carbonyl (C=O) groups is 1. The molecule has 0 saturated carbocycles. The van der Waals surface area contributed by atoms with Crippen LogP contribution in [0.2, 0.25) is 5.02 Å². The molecule has 2 aromatic carbocycles. The average Bonchev–Trinajstić information content (AvgIpc) is 2.51. The van der Waals surface area contributed by atoms with Crippen molar-refractivity contribution in [3.63, 3.8) is 0 Å². The summed E-state index contributed by atoms with van der Waals surface area (Å²) in [6, 6.07) is 10.3. The molecule has 0 aliphatic rings. The summed E-state index contributed by atoms with van der Waals surface area (Å²) in [5, 5.41) is 3.14. The summed E-state index contributed by atoms with van der Waals surface area (Å²) in [5.74, 6) is -0.469. The highest BCUT2D eigenvalue weighted by Gasteiger charge is 2.18. The molecule has 0 aliphatic carbocycles. The molecule has 5 nitrogen and oxygen atoms in total. The zero-order valence-electron chi connectivity index (χ0n) is 13.7. The van der Waals surface area contributed by atoms with Crippen molar-refractivity contribution in [1.29, 1.82) is 0 Å². The van der Waals surface area contributed by atoms with Gasteiger partial charge in [0.25, 0.3) is 0 Å². The van der Waals surface area contributed by atoms with Gasteiger partial charge in [0.1, 0.15) is 0 Å². The van der Waals surface area contributed by atoms with Gasteiger partial charge >= 0.3 is 0 Å². The summed E-state index contributed by atoms with van der Waals surface area (Å²) in [6.07, 6.45) is 0. The second-order valence-corrected chi connectivity index (χ2v) is 7.75. The summed E-state index contributed by atoms with van der Waals surface area (Å²) in [5.41, 5.74) is 2.87. The molecule has 0 aromatic heterocycles. The topological polar surface area (TPSA) is 75.3 Å². The monoisotopic (exact) mass is 366 g/mol. The van der Waals surface area contributed by atoms with Gasteiger partial charge in [0.2, 0.25) is 15.9 Å². The SMILES string of the molecule is Cc1ccc(C)c(S(=O)(=O)NCC(=O)Nc2ccc(C)c(Cl)c2)c1. The van der Waals surface area contributed by atoms with Gasteiger partial charge in [0.15, 0.2) is 0 Å². The Morgan fingerprint density at radius 1 is 1.04 bits per heavy atom. The highest BCUT2D eigenvalue weighted by molar-refractivity contribution is 7.89. The van der Waals surface area contributed by atoms with Gasteiger partial charge < -0.3 is 5.32 Å². The number of hydrogen-bond acceptors (Lipinski definition) is 3. The van der Waals surface area contributed by atoms with E-state index in [1.165, 1.54) is 0 Å². The lowest BCUT2D eigenvalue weighted by Crippen LogP contribution is -2.33. The number of hydrogen-bond donors (Lipinski definition) is 2. The molecule has 2 rings (SSSR count). The lowest BCUT2D eigenvalue weighted by Gasteiger charge is -2.11. The Labute approximate surface area is 147 Å². The standard InChI is InChI=1S/C17H19ClN2O3S/c1-11-4-5-13(3)16(8-11)24(22,23)19-10-17(21)20-14-7-6-12(2)15(18)9-14/h4-9,19H,10H2,1-3H3,(H,20,21). The third-order valence-corrected chi connectivity index (χ3v) is 5.46. The van der Waals surface area contributed by atoms with E-state index in [1.54, 1.807) is 37.3 Å². The van der Waals surface area contributed by atoms with Gasteiger partial charge in [-0.2, -0.15) is 0 Å². The van der Waals surface area contributed by atoms with Crippen molar-refractivity contribution < 1.29 is 13.2 Å². The second kappa shape index (κ2) is 7.34. The molecule has 7 heteroatoms. The van der Waals surface area contributed by atoms with Crippen molar-refractivity contribution >= 4 is 33.2 Å². The van der Waals surface area contributed by atoms with E-state index in [0.717, 1.165) is 11.1 Å². The molecule has 0 atom stereocenters. The minimum Gasteiger partial charge on any atom is -0.325 e. The summed E-state index contributed by atoms with van der Waals surface area (Å²) in [4.78, 5) is 12.1. The van der Waals surface area contributed by atoms with E-state index < -0.39 is 15.9 Å². The lowest BCUT2D eigenvalue weighted by molar-refractivity contribution is -0.115. The maximum absolute atomic E-state index is 12.3. The Morgan fingerprint density at radius 3 is 2.38 bits per heavy atom. The van der Waals surface area contributed by atoms with Crippen LogP contribution in [0.4, 0.5) is 5.69 Å². The highest BCUT2D eigenvalue weighted by Crippen LogP contribution is 2.20. The van der Waals surface area contributed by atoms with Crippen LogP contribution in [0.25, 0.3) is 0 Å². The van der Waals surface area contributed by atoms with Crippen LogP contribution in [0, 0.1) is 20.8 Å². The van der Waals surface area contributed by atoms with Crippen LogP contribution >= 0.6 is 11.6 Å². The van der Waals surface area contributed by atoms with E-state index in [2.05, 4.69) is 10.0 Å². The van der Waals surface area contributed by atoms with Crippen LogP contribution in [0.1, 0.15) is 16.7 Å². The zero-order valence-corrected chi connectivity index (χ0v) is 15.3. The molecule has 0 radical (unpaired) electrons. The number of nitrogens with one attached hydrogen (secondary N) is 2.